The Balaban J connectivity index is 1.21. The number of hydrogen-bond donors (Lipinski definition) is 2. The molecule has 2 aliphatic heterocycles. The summed E-state index contributed by atoms with van der Waals surface area (Å²) in [6, 6.07) is 12.9. The van der Waals surface area contributed by atoms with Gasteiger partial charge < -0.3 is 19.7 Å². The maximum atomic E-state index is 15.0. The van der Waals surface area contributed by atoms with E-state index in [9.17, 15) is 12.8 Å². The van der Waals surface area contributed by atoms with Crippen LogP contribution in [0.15, 0.2) is 64.1 Å². The lowest BCUT2D eigenvalue weighted by Gasteiger charge is -2.12. The molecule has 2 aromatic carbocycles. The predicted molar refractivity (Wildman–Crippen MR) is 145 cm³/mol. The summed E-state index contributed by atoms with van der Waals surface area (Å²) in [7, 11) is -3.48. The molecule has 208 valence electrons. The molecule has 2 saturated heterocycles. The first-order chi connectivity index (χ1) is 19.4. The molecule has 0 spiro atoms. The van der Waals surface area contributed by atoms with Gasteiger partial charge in [-0.1, -0.05) is 23.4 Å². The number of ether oxygens (including phenoxy) is 2. The lowest BCUT2D eigenvalue weighted by molar-refractivity contribution is 0.0827. The van der Waals surface area contributed by atoms with Crippen molar-refractivity contribution in [2.24, 2.45) is 0 Å². The van der Waals surface area contributed by atoms with Crippen LogP contribution in [-0.4, -0.2) is 54.8 Å². The molecule has 2 aromatic heterocycles. The third-order valence-electron chi connectivity index (χ3n) is 7.12. The first-order valence-electron chi connectivity index (χ1n) is 13.0. The zero-order valence-corrected chi connectivity index (χ0v) is 22.4. The van der Waals surface area contributed by atoms with Crippen molar-refractivity contribution in [2.75, 3.05) is 25.6 Å². The predicted octanol–water partition coefficient (Wildman–Crippen LogP) is 3.98. The second-order valence-corrected chi connectivity index (χ2v) is 12.0. The van der Waals surface area contributed by atoms with Crippen molar-refractivity contribution < 1.29 is 26.8 Å². The molecular weight excluding hydrogens is 537 g/mol. The number of nitrogen functional groups attached to an aromatic ring is 1. The standard InChI is InChI=1S/C28H28FN5O5S/c29-22-12-17(14-31-26-2-1-10-38-26)3-8-21(22)23-13-25(39-34-23)27-28(30)32-15-24(33-27)18-4-6-19(7-5-18)40(35,36)20-9-11-37-16-20/h3-8,12-13,15,20,26,31H,1-2,9-11,14,16H2,(H2,30,32)/t20?,26-/m0/s1. The fourth-order valence-corrected chi connectivity index (χ4v) is 6.43. The Morgan fingerprint density at radius 3 is 2.62 bits per heavy atom. The van der Waals surface area contributed by atoms with Gasteiger partial charge in [-0.3, -0.25) is 5.32 Å². The van der Waals surface area contributed by atoms with Crippen LogP contribution in [-0.2, 0) is 25.9 Å². The molecule has 0 amide bonds. The van der Waals surface area contributed by atoms with Crippen LogP contribution in [0.5, 0.6) is 0 Å². The highest BCUT2D eigenvalue weighted by atomic mass is 32.2. The first-order valence-corrected chi connectivity index (χ1v) is 14.6. The summed E-state index contributed by atoms with van der Waals surface area (Å²) < 4.78 is 56.9. The maximum Gasteiger partial charge on any atom is 0.189 e. The Morgan fingerprint density at radius 1 is 1.05 bits per heavy atom. The van der Waals surface area contributed by atoms with E-state index in [1.54, 1.807) is 36.4 Å². The van der Waals surface area contributed by atoms with E-state index >= 15 is 0 Å². The van der Waals surface area contributed by atoms with Gasteiger partial charge in [0.15, 0.2) is 27.1 Å². The minimum absolute atomic E-state index is 0.00108. The van der Waals surface area contributed by atoms with E-state index in [2.05, 4.69) is 20.4 Å². The summed E-state index contributed by atoms with van der Waals surface area (Å²) in [4.78, 5) is 9.04. The van der Waals surface area contributed by atoms with Gasteiger partial charge in [-0.15, -0.1) is 0 Å². The van der Waals surface area contributed by atoms with Crippen molar-refractivity contribution in [2.45, 2.75) is 42.2 Å². The van der Waals surface area contributed by atoms with Crippen molar-refractivity contribution in [3.05, 3.63) is 66.1 Å². The highest BCUT2D eigenvalue weighted by Gasteiger charge is 2.31. The SMILES string of the molecule is Nc1ncc(-c2ccc(S(=O)(=O)C3CCOC3)cc2)nc1-c1cc(-c2ccc(CN[C@@H]3CCCO3)cc2F)no1. The second-order valence-electron chi connectivity index (χ2n) is 9.82. The summed E-state index contributed by atoms with van der Waals surface area (Å²) >= 11 is 0. The second kappa shape index (κ2) is 11.0. The average molecular weight is 566 g/mol. The molecule has 4 aromatic rings. The number of benzene rings is 2. The van der Waals surface area contributed by atoms with Crippen LogP contribution in [0.4, 0.5) is 10.2 Å². The van der Waals surface area contributed by atoms with Gasteiger partial charge in [-0.05, 0) is 49.1 Å². The van der Waals surface area contributed by atoms with E-state index in [0.29, 0.717) is 36.5 Å². The monoisotopic (exact) mass is 565 g/mol. The van der Waals surface area contributed by atoms with Gasteiger partial charge in [-0.25, -0.2) is 22.8 Å². The number of aromatic nitrogens is 3. The highest BCUT2D eigenvalue weighted by molar-refractivity contribution is 7.92. The van der Waals surface area contributed by atoms with Gasteiger partial charge in [0.05, 0.1) is 28.6 Å². The number of rotatable bonds is 8. The zero-order chi connectivity index (χ0) is 27.7. The van der Waals surface area contributed by atoms with Crippen LogP contribution >= 0.6 is 0 Å². The van der Waals surface area contributed by atoms with Crippen LogP contribution in [0.2, 0.25) is 0 Å². The van der Waals surface area contributed by atoms with Crippen LogP contribution in [0, 0.1) is 5.82 Å². The highest BCUT2D eigenvalue weighted by Crippen LogP contribution is 2.31. The number of sulfone groups is 1. The number of anilines is 1. The molecule has 0 radical (unpaired) electrons. The molecule has 3 N–H and O–H groups in total. The Kier molecular flexibility index (Phi) is 7.32. The minimum Gasteiger partial charge on any atom is -0.382 e. The molecule has 4 heterocycles. The molecule has 0 bridgehead atoms. The van der Waals surface area contributed by atoms with Gasteiger partial charge >= 0.3 is 0 Å². The fraction of sp³-hybridized carbons (Fsp3) is 0.321. The normalized spacial score (nSPS) is 19.3. The number of halogens is 1. The van der Waals surface area contributed by atoms with Gasteiger partial charge in [0, 0.05) is 37.0 Å². The third kappa shape index (κ3) is 5.35. The molecule has 2 fully saturated rings. The van der Waals surface area contributed by atoms with E-state index in [4.69, 9.17) is 19.7 Å². The van der Waals surface area contributed by atoms with E-state index in [0.717, 1.165) is 25.0 Å². The van der Waals surface area contributed by atoms with E-state index < -0.39 is 20.9 Å². The van der Waals surface area contributed by atoms with Gasteiger partial charge in [-0.2, -0.15) is 0 Å². The van der Waals surface area contributed by atoms with E-state index in [-0.39, 0.29) is 40.6 Å². The number of hydrogen-bond acceptors (Lipinski definition) is 10. The molecule has 10 nitrogen and oxygen atoms in total. The maximum absolute atomic E-state index is 15.0. The van der Waals surface area contributed by atoms with Crippen LogP contribution < -0.4 is 11.1 Å². The van der Waals surface area contributed by atoms with Crippen molar-refractivity contribution in [1.29, 1.82) is 0 Å². The quantitative estimate of drug-likeness (QED) is 0.322. The third-order valence-corrected chi connectivity index (χ3v) is 9.30. The molecule has 40 heavy (non-hydrogen) atoms. The first kappa shape index (κ1) is 26.5. The average Bonchev–Trinajstić information content (AvgIpc) is 3.76. The molecule has 0 saturated carbocycles. The van der Waals surface area contributed by atoms with Crippen LogP contribution in [0.25, 0.3) is 34.0 Å². The Bertz CT molecular complexity index is 1610. The molecule has 2 atom stereocenters. The molecular formula is C28H28FN5O5S. The summed E-state index contributed by atoms with van der Waals surface area (Å²) in [5, 5.41) is 6.77. The lowest BCUT2D eigenvalue weighted by atomic mass is 10.1. The minimum atomic E-state index is -3.48. The van der Waals surface area contributed by atoms with Gasteiger partial charge in [0.1, 0.15) is 17.7 Å². The molecule has 12 heteroatoms. The summed E-state index contributed by atoms with van der Waals surface area (Å²) in [6.07, 6.45) is 3.94. The smallest absolute Gasteiger partial charge is 0.189 e. The largest absolute Gasteiger partial charge is 0.382 e. The summed E-state index contributed by atoms with van der Waals surface area (Å²) in [5.74, 6) is -0.0905. The van der Waals surface area contributed by atoms with Crippen molar-refractivity contribution >= 4 is 15.7 Å². The Labute approximate surface area is 230 Å². The zero-order valence-electron chi connectivity index (χ0n) is 21.5. The van der Waals surface area contributed by atoms with E-state index in [1.807, 2.05) is 6.07 Å². The number of nitrogens with zero attached hydrogens (tertiary/aromatic N) is 3. The fourth-order valence-electron chi connectivity index (χ4n) is 4.84. The molecule has 1 unspecified atom stereocenters. The van der Waals surface area contributed by atoms with Crippen molar-refractivity contribution in [1.82, 2.24) is 20.4 Å². The van der Waals surface area contributed by atoms with Gasteiger partial charge in [0.2, 0.25) is 0 Å². The molecule has 6 rings (SSSR count). The number of nitrogens with one attached hydrogen (secondary N) is 1. The summed E-state index contributed by atoms with van der Waals surface area (Å²) in [5.41, 5.74) is 8.81. The number of nitrogens with two attached hydrogens (primary N) is 1. The Hall–Kier alpha value is -3.71. The molecule has 2 aliphatic rings. The lowest BCUT2D eigenvalue weighted by Crippen LogP contribution is -2.27. The van der Waals surface area contributed by atoms with Crippen LogP contribution in [0.1, 0.15) is 24.8 Å². The summed E-state index contributed by atoms with van der Waals surface area (Å²) in [6.45, 7) is 1.88. The Morgan fingerprint density at radius 2 is 1.90 bits per heavy atom. The topological polar surface area (TPSA) is 142 Å². The van der Waals surface area contributed by atoms with Crippen molar-refractivity contribution in [3.63, 3.8) is 0 Å². The van der Waals surface area contributed by atoms with Crippen LogP contribution in [0.3, 0.4) is 0 Å². The van der Waals surface area contributed by atoms with E-state index in [1.165, 1.54) is 12.3 Å². The van der Waals surface area contributed by atoms with Gasteiger partial charge in [0.25, 0.3) is 0 Å². The van der Waals surface area contributed by atoms with Crippen molar-refractivity contribution in [3.8, 4) is 34.0 Å². The molecule has 0 aliphatic carbocycles.